The molecular formula is C18H20N2O2. The van der Waals surface area contributed by atoms with Gasteiger partial charge in [0, 0.05) is 5.56 Å². The van der Waals surface area contributed by atoms with Crippen LogP contribution in [-0.2, 0) is 0 Å². The summed E-state index contributed by atoms with van der Waals surface area (Å²) >= 11 is 0. The lowest BCUT2D eigenvalue weighted by Gasteiger charge is -2.15. The van der Waals surface area contributed by atoms with Crippen LogP contribution in [0.25, 0.3) is 22.4 Å². The highest BCUT2D eigenvalue weighted by molar-refractivity contribution is 5.79. The van der Waals surface area contributed by atoms with Crippen LogP contribution in [0.15, 0.2) is 42.5 Å². The number of benzene rings is 2. The molecule has 0 aliphatic rings. The molecule has 0 fully saturated rings. The summed E-state index contributed by atoms with van der Waals surface area (Å²) in [4.78, 5) is 7.94. The van der Waals surface area contributed by atoms with Crippen molar-refractivity contribution in [2.45, 2.75) is 26.4 Å². The Morgan fingerprint density at radius 1 is 1.14 bits per heavy atom. The fourth-order valence-electron chi connectivity index (χ4n) is 2.30. The average Bonchev–Trinajstić information content (AvgIpc) is 2.99. The topological polar surface area (TPSA) is 47.1 Å². The molecule has 0 aliphatic carbocycles. The third-order valence-corrected chi connectivity index (χ3v) is 3.73. The standard InChI is InChI=1S/C18H20N2O2/c1-4-12(2)22-16-10-9-13(11-17(16)21-3)18-19-14-7-5-6-8-15(14)20-18/h5-12H,4H2,1-3H3,(H,19,20). The van der Waals surface area contributed by atoms with E-state index in [1.54, 1.807) is 7.11 Å². The van der Waals surface area contributed by atoms with Gasteiger partial charge >= 0.3 is 0 Å². The van der Waals surface area contributed by atoms with Gasteiger partial charge in [0.1, 0.15) is 5.82 Å². The molecule has 0 amide bonds. The van der Waals surface area contributed by atoms with Crippen molar-refractivity contribution in [3.05, 3.63) is 42.5 Å². The van der Waals surface area contributed by atoms with Crippen molar-refractivity contribution in [3.8, 4) is 22.9 Å². The first kappa shape index (κ1) is 14.4. The predicted molar refractivity (Wildman–Crippen MR) is 88.5 cm³/mol. The Kier molecular flexibility index (Phi) is 4.00. The summed E-state index contributed by atoms with van der Waals surface area (Å²) in [5.74, 6) is 2.31. The molecule has 1 unspecified atom stereocenters. The third-order valence-electron chi connectivity index (χ3n) is 3.73. The van der Waals surface area contributed by atoms with Crippen LogP contribution < -0.4 is 9.47 Å². The van der Waals surface area contributed by atoms with Crippen molar-refractivity contribution in [1.82, 2.24) is 9.97 Å². The molecule has 1 atom stereocenters. The van der Waals surface area contributed by atoms with Crippen LogP contribution in [-0.4, -0.2) is 23.2 Å². The predicted octanol–water partition coefficient (Wildman–Crippen LogP) is 4.42. The third kappa shape index (κ3) is 2.77. The number of rotatable bonds is 5. The number of imidazole rings is 1. The van der Waals surface area contributed by atoms with E-state index in [0.29, 0.717) is 0 Å². The lowest BCUT2D eigenvalue weighted by molar-refractivity contribution is 0.207. The maximum Gasteiger partial charge on any atom is 0.161 e. The van der Waals surface area contributed by atoms with E-state index in [4.69, 9.17) is 9.47 Å². The fraction of sp³-hybridized carbons (Fsp3) is 0.278. The summed E-state index contributed by atoms with van der Waals surface area (Å²) in [5, 5.41) is 0. The van der Waals surface area contributed by atoms with Gasteiger partial charge < -0.3 is 14.5 Å². The van der Waals surface area contributed by atoms with Crippen LogP contribution in [0.4, 0.5) is 0 Å². The van der Waals surface area contributed by atoms with Gasteiger partial charge in [-0.1, -0.05) is 19.1 Å². The monoisotopic (exact) mass is 296 g/mol. The van der Waals surface area contributed by atoms with Gasteiger partial charge in [0.2, 0.25) is 0 Å². The summed E-state index contributed by atoms with van der Waals surface area (Å²) in [6.45, 7) is 4.15. The molecule has 3 rings (SSSR count). The van der Waals surface area contributed by atoms with E-state index in [9.17, 15) is 0 Å². The number of methoxy groups -OCH3 is 1. The molecule has 1 aromatic heterocycles. The van der Waals surface area contributed by atoms with Gasteiger partial charge in [-0.05, 0) is 43.7 Å². The number of H-pyrrole nitrogens is 1. The van der Waals surface area contributed by atoms with E-state index < -0.39 is 0 Å². The summed E-state index contributed by atoms with van der Waals surface area (Å²) in [6, 6.07) is 13.9. The molecule has 22 heavy (non-hydrogen) atoms. The van der Waals surface area contributed by atoms with Gasteiger partial charge in [0.05, 0.1) is 24.2 Å². The van der Waals surface area contributed by atoms with Crippen molar-refractivity contribution in [3.63, 3.8) is 0 Å². The van der Waals surface area contributed by atoms with Crippen LogP contribution >= 0.6 is 0 Å². The molecule has 3 aromatic rings. The van der Waals surface area contributed by atoms with Crippen molar-refractivity contribution in [1.29, 1.82) is 0 Å². The Morgan fingerprint density at radius 3 is 2.68 bits per heavy atom. The number of hydrogen-bond donors (Lipinski definition) is 1. The number of ether oxygens (including phenoxy) is 2. The summed E-state index contributed by atoms with van der Waals surface area (Å²) in [7, 11) is 1.65. The molecule has 0 spiro atoms. The first-order chi connectivity index (χ1) is 10.7. The second-order valence-corrected chi connectivity index (χ2v) is 5.30. The van der Waals surface area contributed by atoms with Crippen LogP contribution in [0.3, 0.4) is 0 Å². The number of fused-ring (bicyclic) bond motifs is 1. The second-order valence-electron chi connectivity index (χ2n) is 5.30. The highest BCUT2D eigenvalue weighted by Crippen LogP contribution is 2.33. The van der Waals surface area contributed by atoms with E-state index in [1.165, 1.54) is 0 Å². The normalized spacial score (nSPS) is 12.3. The molecule has 2 aromatic carbocycles. The number of para-hydroxylation sites is 2. The maximum atomic E-state index is 5.88. The second kappa shape index (κ2) is 6.10. The number of aromatic amines is 1. The Labute approximate surface area is 130 Å². The number of nitrogens with one attached hydrogen (secondary N) is 1. The molecule has 114 valence electrons. The molecule has 1 heterocycles. The smallest absolute Gasteiger partial charge is 0.161 e. The van der Waals surface area contributed by atoms with Gasteiger partial charge in [-0.3, -0.25) is 0 Å². The van der Waals surface area contributed by atoms with Crippen molar-refractivity contribution in [2.24, 2.45) is 0 Å². The Morgan fingerprint density at radius 2 is 1.95 bits per heavy atom. The van der Waals surface area contributed by atoms with E-state index >= 15 is 0 Å². The van der Waals surface area contributed by atoms with Crippen molar-refractivity contribution < 1.29 is 9.47 Å². The summed E-state index contributed by atoms with van der Waals surface area (Å²) in [5.41, 5.74) is 2.96. The molecule has 0 saturated carbocycles. The Hall–Kier alpha value is -2.49. The fourth-order valence-corrected chi connectivity index (χ4v) is 2.30. The van der Waals surface area contributed by atoms with Gasteiger partial charge in [-0.2, -0.15) is 0 Å². The minimum absolute atomic E-state index is 0.158. The molecule has 0 radical (unpaired) electrons. The molecular weight excluding hydrogens is 276 g/mol. The van der Waals surface area contributed by atoms with Gasteiger partial charge in [0.15, 0.2) is 11.5 Å². The lowest BCUT2D eigenvalue weighted by atomic mass is 10.2. The Balaban J connectivity index is 1.97. The zero-order chi connectivity index (χ0) is 15.5. The first-order valence-electron chi connectivity index (χ1n) is 7.51. The highest BCUT2D eigenvalue weighted by Gasteiger charge is 2.12. The first-order valence-corrected chi connectivity index (χ1v) is 7.51. The highest BCUT2D eigenvalue weighted by atomic mass is 16.5. The SMILES string of the molecule is CCC(C)Oc1ccc(-c2nc3ccccc3[nH]2)cc1OC. The van der Waals surface area contributed by atoms with Crippen molar-refractivity contribution >= 4 is 11.0 Å². The molecule has 4 heteroatoms. The van der Waals surface area contributed by atoms with Crippen LogP contribution in [0, 0.1) is 0 Å². The van der Waals surface area contributed by atoms with Gasteiger partial charge in [-0.15, -0.1) is 0 Å². The van der Waals surface area contributed by atoms with Gasteiger partial charge in [-0.25, -0.2) is 4.98 Å². The van der Waals surface area contributed by atoms with E-state index in [0.717, 1.165) is 40.3 Å². The molecule has 0 aliphatic heterocycles. The number of nitrogens with zero attached hydrogens (tertiary/aromatic N) is 1. The largest absolute Gasteiger partial charge is 0.493 e. The van der Waals surface area contributed by atoms with Crippen LogP contribution in [0.5, 0.6) is 11.5 Å². The minimum Gasteiger partial charge on any atom is -0.493 e. The van der Waals surface area contributed by atoms with Crippen molar-refractivity contribution in [2.75, 3.05) is 7.11 Å². The zero-order valence-electron chi connectivity index (χ0n) is 13.1. The van der Waals surface area contributed by atoms with Crippen LogP contribution in [0.1, 0.15) is 20.3 Å². The van der Waals surface area contributed by atoms with E-state index in [1.807, 2.05) is 49.4 Å². The summed E-state index contributed by atoms with van der Waals surface area (Å²) in [6.07, 6.45) is 1.11. The molecule has 0 bridgehead atoms. The zero-order valence-corrected chi connectivity index (χ0v) is 13.1. The molecule has 4 nitrogen and oxygen atoms in total. The number of hydrogen-bond acceptors (Lipinski definition) is 3. The quantitative estimate of drug-likeness (QED) is 0.758. The summed E-state index contributed by atoms with van der Waals surface area (Å²) < 4.78 is 11.3. The van der Waals surface area contributed by atoms with E-state index in [2.05, 4.69) is 16.9 Å². The lowest BCUT2D eigenvalue weighted by Crippen LogP contribution is -2.10. The van der Waals surface area contributed by atoms with Gasteiger partial charge in [0.25, 0.3) is 0 Å². The van der Waals surface area contributed by atoms with Crippen LogP contribution in [0.2, 0.25) is 0 Å². The average molecular weight is 296 g/mol. The Bertz CT molecular complexity index is 747. The van der Waals surface area contributed by atoms with E-state index in [-0.39, 0.29) is 6.10 Å². The molecule has 0 saturated heterocycles. The number of aromatic nitrogens is 2. The molecule has 1 N–H and O–H groups in total. The minimum atomic E-state index is 0.158. The maximum absolute atomic E-state index is 5.88.